The van der Waals surface area contributed by atoms with Crippen molar-refractivity contribution in [2.75, 3.05) is 13.1 Å². The number of likely N-dealkylation sites (tertiary alicyclic amines) is 1. The van der Waals surface area contributed by atoms with E-state index in [1.54, 1.807) is 17.9 Å². The van der Waals surface area contributed by atoms with Crippen molar-refractivity contribution >= 4 is 11.9 Å². The van der Waals surface area contributed by atoms with E-state index in [2.05, 4.69) is 15.5 Å². The molecule has 1 fully saturated rings. The predicted octanol–water partition coefficient (Wildman–Crippen LogP) is -0.0302. The molecular weight excluding hydrogens is 266 g/mol. The molecule has 2 aromatic rings. The first-order valence-electron chi connectivity index (χ1n) is 5.92. The zero-order valence-corrected chi connectivity index (χ0v) is 10.6. The second-order valence-corrected chi connectivity index (χ2v) is 4.58. The predicted molar refractivity (Wildman–Crippen MR) is 63.2 cm³/mol. The summed E-state index contributed by atoms with van der Waals surface area (Å²) in [6.07, 6.45) is 1.36. The maximum atomic E-state index is 12.0. The van der Waals surface area contributed by atoms with Gasteiger partial charge in [0.05, 0.1) is 12.2 Å². The second kappa shape index (κ2) is 4.44. The Kier molecular flexibility index (Phi) is 2.74. The van der Waals surface area contributed by atoms with Gasteiger partial charge in [-0.05, 0) is 6.92 Å². The molecule has 104 valence electrons. The van der Waals surface area contributed by atoms with Gasteiger partial charge in [-0.3, -0.25) is 4.79 Å². The lowest BCUT2D eigenvalue weighted by molar-refractivity contribution is 0.0487. The molecule has 0 radical (unpaired) electrons. The highest BCUT2D eigenvalue weighted by molar-refractivity contribution is 5.92. The standard InChI is InChI=1S/C11H11N5O4/c1-6-2-8(13-20-6)10(17)15-3-7(4-15)16-5-9(11(18)19)12-14-16/h2,5,7H,3-4H2,1H3,(H,18,19). The molecule has 0 saturated carbocycles. The highest BCUT2D eigenvalue weighted by Gasteiger charge is 2.34. The van der Waals surface area contributed by atoms with Gasteiger partial charge < -0.3 is 14.5 Å². The summed E-state index contributed by atoms with van der Waals surface area (Å²) >= 11 is 0. The van der Waals surface area contributed by atoms with E-state index in [0.717, 1.165) is 0 Å². The minimum absolute atomic E-state index is 0.0625. The molecule has 1 saturated heterocycles. The summed E-state index contributed by atoms with van der Waals surface area (Å²) in [5.74, 6) is -0.758. The monoisotopic (exact) mass is 277 g/mol. The number of aryl methyl sites for hydroxylation is 1. The molecule has 0 aliphatic carbocycles. The quantitative estimate of drug-likeness (QED) is 0.837. The topological polar surface area (TPSA) is 114 Å². The molecule has 3 heterocycles. The molecule has 0 bridgehead atoms. The third-order valence-electron chi connectivity index (χ3n) is 3.10. The molecule has 2 aromatic heterocycles. The van der Waals surface area contributed by atoms with Crippen LogP contribution in [-0.2, 0) is 0 Å². The Morgan fingerprint density at radius 2 is 2.15 bits per heavy atom. The number of amides is 1. The van der Waals surface area contributed by atoms with Crippen molar-refractivity contribution < 1.29 is 19.2 Å². The smallest absolute Gasteiger partial charge is 0.358 e. The van der Waals surface area contributed by atoms with Crippen molar-refractivity contribution in [2.45, 2.75) is 13.0 Å². The Morgan fingerprint density at radius 1 is 1.40 bits per heavy atom. The average molecular weight is 277 g/mol. The highest BCUT2D eigenvalue weighted by atomic mass is 16.5. The summed E-state index contributed by atoms with van der Waals surface area (Å²) in [6.45, 7) is 2.59. The first-order valence-corrected chi connectivity index (χ1v) is 5.92. The van der Waals surface area contributed by atoms with Crippen LogP contribution in [0.2, 0.25) is 0 Å². The van der Waals surface area contributed by atoms with Gasteiger partial charge in [0.15, 0.2) is 11.4 Å². The van der Waals surface area contributed by atoms with Crippen LogP contribution in [0.4, 0.5) is 0 Å². The van der Waals surface area contributed by atoms with Crippen molar-refractivity contribution in [1.82, 2.24) is 25.1 Å². The fraction of sp³-hybridized carbons (Fsp3) is 0.364. The Bertz CT molecular complexity index is 670. The Balaban J connectivity index is 1.63. The van der Waals surface area contributed by atoms with Gasteiger partial charge in [0.25, 0.3) is 5.91 Å². The molecule has 1 amide bonds. The molecule has 20 heavy (non-hydrogen) atoms. The van der Waals surface area contributed by atoms with E-state index in [1.165, 1.54) is 10.9 Å². The maximum absolute atomic E-state index is 12.0. The van der Waals surface area contributed by atoms with Gasteiger partial charge in [0.2, 0.25) is 0 Å². The summed E-state index contributed by atoms with van der Waals surface area (Å²) in [7, 11) is 0. The number of hydrogen-bond acceptors (Lipinski definition) is 6. The minimum Gasteiger partial charge on any atom is -0.476 e. The van der Waals surface area contributed by atoms with Crippen LogP contribution in [0.1, 0.15) is 32.8 Å². The van der Waals surface area contributed by atoms with Crippen molar-refractivity contribution in [3.63, 3.8) is 0 Å². The lowest BCUT2D eigenvalue weighted by atomic mass is 10.1. The molecule has 9 heteroatoms. The molecule has 1 aliphatic rings. The zero-order valence-electron chi connectivity index (χ0n) is 10.6. The van der Waals surface area contributed by atoms with Crippen LogP contribution in [0.15, 0.2) is 16.8 Å². The van der Waals surface area contributed by atoms with E-state index < -0.39 is 5.97 Å². The summed E-state index contributed by atoms with van der Waals surface area (Å²) in [6, 6.07) is 1.51. The number of carboxylic acid groups (broad SMARTS) is 1. The molecule has 0 unspecified atom stereocenters. The third-order valence-corrected chi connectivity index (χ3v) is 3.10. The minimum atomic E-state index is -1.12. The summed E-state index contributed by atoms with van der Waals surface area (Å²) < 4.78 is 6.31. The molecule has 0 spiro atoms. The lowest BCUT2D eigenvalue weighted by Gasteiger charge is -2.38. The fourth-order valence-electron chi connectivity index (χ4n) is 1.97. The van der Waals surface area contributed by atoms with Crippen LogP contribution in [0.5, 0.6) is 0 Å². The number of nitrogens with zero attached hydrogens (tertiary/aromatic N) is 5. The Labute approximate surface area is 112 Å². The first kappa shape index (κ1) is 12.3. The molecular formula is C11H11N5O4. The number of carbonyl (C=O) groups excluding carboxylic acids is 1. The number of aromatic carboxylic acids is 1. The lowest BCUT2D eigenvalue weighted by Crippen LogP contribution is -2.51. The molecule has 0 atom stereocenters. The van der Waals surface area contributed by atoms with Crippen molar-refractivity contribution in [1.29, 1.82) is 0 Å². The summed E-state index contributed by atoms with van der Waals surface area (Å²) in [5, 5.41) is 19.7. The SMILES string of the molecule is Cc1cc(C(=O)N2CC(n3cc(C(=O)O)nn3)C2)no1. The average Bonchev–Trinajstić information content (AvgIpc) is 2.96. The van der Waals surface area contributed by atoms with Crippen LogP contribution in [0.3, 0.4) is 0 Å². The second-order valence-electron chi connectivity index (χ2n) is 4.58. The van der Waals surface area contributed by atoms with Gasteiger partial charge >= 0.3 is 5.97 Å². The number of aromatic nitrogens is 4. The largest absolute Gasteiger partial charge is 0.476 e. The van der Waals surface area contributed by atoms with Crippen molar-refractivity contribution in [2.24, 2.45) is 0 Å². The van der Waals surface area contributed by atoms with Gasteiger partial charge in [-0.2, -0.15) is 0 Å². The maximum Gasteiger partial charge on any atom is 0.358 e. The Hall–Kier alpha value is -2.71. The van der Waals surface area contributed by atoms with Gasteiger partial charge in [0, 0.05) is 19.2 Å². The fourth-order valence-corrected chi connectivity index (χ4v) is 1.97. The van der Waals surface area contributed by atoms with Gasteiger partial charge in [-0.25, -0.2) is 9.48 Å². The molecule has 3 rings (SSSR count). The number of rotatable bonds is 3. The summed E-state index contributed by atoms with van der Waals surface area (Å²) in [4.78, 5) is 24.3. The van der Waals surface area contributed by atoms with E-state index in [-0.39, 0.29) is 23.3 Å². The van der Waals surface area contributed by atoms with Gasteiger partial charge in [-0.1, -0.05) is 10.4 Å². The highest BCUT2D eigenvalue weighted by Crippen LogP contribution is 2.22. The molecule has 0 aromatic carbocycles. The van der Waals surface area contributed by atoms with Crippen LogP contribution in [0.25, 0.3) is 0 Å². The normalized spacial score (nSPS) is 15.2. The zero-order chi connectivity index (χ0) is 14.3. The van der Waals surface area contributed by atoms with Crippen LogP contribution in [-0.4, -0.2) is 55.1 Å². The summed E-state index contributed by atoms with van der Waals surface area (Å²) in [5.41, 5.74) is 0.160. The van der Waals surface area contributed by atoms with Gasteiger partial charge in [0.1, 0.15) is 5.76 Å². The van der Waals surface area contributed by atoms with Crippen LogP contribution >= 0.6 is 0 Å². The van der Waals surface area contributed by atoms with E-state index in [1.807, 2.05) is 0 Å². The number of hydrogen-bond donors (Lipinski definition) is 1. The molecule has 9 nitrogen and oxygen atoms in total. The van der Waals surface area contributed by atoms with E-state index in [4.69, 9.17) is 9.63 Å². The third kappa shape index (κ3) is 2.02. The van der Waals surface area contributed by atoms with E-state index >= 15 is 0 Å². The molecule has 1 N–H and O–H groups in total. The first-order chi connectivity index (χ1) is 9.54. The van der Waals surface area contributed by atoms with Crippen molar-refractivity contribution in [3.8, 4) is 0 Å². The van der Waals surface area contributed by atoms with Gasteiger partial charge in [-0.15, -0.1) is 5.10 Å². The molecule has 1 aliphatic heterocycles. The van der Waals surface area contributed by atoms with E-state index in [9.17, 15) is 9.59 Å². The van der Waals surface area contributed by atoms with Crippen molar-refractivity contribution in [3.05, 3.63) is 29.4 Å². The van der Waals surface area contributed by atoms with Crippen LogP contribution < -0.4 is 0 Å². The number of carboxylic acids is 1. The van der Waals surface area contributed by atoms with E-state index in [0.29, 0.717) is 18.8 Å². The number of carbonyl (C=O) groups is 2. The Morgan fingerprint density at radius 3 is 2.70 bits per heavy atom. The van der Waals surface area contributed by atoms with Crippen LogP contribution in [0, 0.1) is 6.92 Å².